The molecule has 2 heterocycles. The second-order valence-electron chi connectivity index (χ2n) is 5.28. The van der Waals surface area contributed by atoms with Gasteiger partial charge in [0.15, 0.2) is 0 Å². The Morgan fingerprint density at radius 3 is 2.82 bits per heavy atom. The molecule has 1 aromatic carbocycles. The smallest absolute Gasteiger partial charge is 0.241 e. The summed E-state index contributed by atoms with van der Waals surface area (Å²) in [5.74, 6) is 1.14. The van der Waals surface area contributed by atoms with Crippen molar-refractivity contribution in [2.45, 2.75) is 12.6 Å². The molecule has 118 valence electrons. The maximum Gasteiger partial charge on any atom is 0.241 e. The molecule has 0 bridgehead atoms. The van der Waals surface area contributed by atoms with Gasteiger partial charge in [0.1, 0.15) is 0 Å². The van der Waals surface area contributed by atoms with E-state index in [1.54, 1.807) is 12.1 Å². The van der Waals surface area contributed by atoms with Crippen molar-refractivity contribution < 1.29 is 14.0 Å². The van der Waals surface area contributed by atoms with Crippen LogP contribution in [0.15, 0.2) is 28.8 Å². The monoisotopic (exact) mass is 323 g/mol. The van der Waals surface area contributed by atoms with Crippen LogP contribution in [0.1, 0.15) is 5.89 Å². The number of rotatable bonds is 5. The Morgan fingerprint density at radius 1 is 1.27 bits per heavy atom. The normalized spacial score (nSPS) is 18.8. The molecule has 7 heteroatoms. The van der Waals surface area contributed by atoms with Gasteiger partial charge in [0.05, 0.1) is 32.5 Å². The van der Waals surface area contributed by atoms with Crippen LogP contribution in [0.25, 0.3) is 11.4 Å². The third kappa shape index (κ3) is 4.04. The zero-order valence-corrected chi connectivity index (χ0v) is 13.1. The van der Waals surface area contributed by atoms with E-state index in [0.717, 1.165) is 12.1 Å². The highest BCUT2D eigenvalue weighted by Gasteiger charge is 2.18. The maximum atomic E-state index is 5.87. The van der Waals surface area contributed by atoms with E-state index in [4.69, 9.17) is 25.6 Å². The topological polar surface area (TPSA) is 60.6 Å². The predicted molar refractivity (Wildman–Crippen MR) is 81.6 cm³/mol. The molecule has 0 radical (unpaired) electrons. The molecule has 0 amide bonds. The molecule has 0 aliphatic carbocycles. The average Bonchev–Trinajstić information content (AvgIpc) is 2.97. The van der Waals surface area contributed by atoms with Gasteiger partial charge in [-0.3, -0.25) is 4.90 Å². The molecule has 1 saturated heterocycles. The zero-order chi connectivity index (χ0) is 15.4. The summed E-state index contributed by atoms with van der Waals surface area (Å²) in [6, 6.07) is 7.35. The molecular formula is C15H18ClN3O3. The van der Waals surface area contributed by atoms with Gasteiger partial charge >= 0.3 is 0 Å². The fourth-order valence-corrected chi connectivity index (χ4v) is 2.45. The van der Waals surface area contributed by atoms with Crippen LogP contribution in [-0.4, -0.2) is 54.6 Å². The van der Waals surface area contributed by atoms with Crippen LogP contribution in [-0.2, 0) is 16.0 Å². The number of likely N-dealkylation sites (N-methyl/N-ethyl adjacent to an activating group) is 1. The molecule has 0 spiro atoms. The summed E-state index contributed by atoms with van der Waals surface area (Å²) in [5, 5.41) is 4.69. The lowest BCUT2D eigenvalue weighted by atomic mass is 10.2. The van der Waals surface area contributed by atoms with Gasteiger partial charge in [-0.1, -0.05) is 16.8 Å². The van der Waals surface area contributed by atoms with E-state index in [2.05, 4.69) is 15.0 Å². The predicted octanol–water partition coefficient (Wildman–Crippen LogP) is 2.24. The maximum absolute atomic E-state index is 5.87. The van der Waals surface area contributed by atoms with Gasteiger partial charge in [0.2, 0.25) is 11.7 Å². The number of aromatic nitrogens is 2. The molecule has 1 unspecified atom stereocenters. The van der Waals surface area contributed by atoms with Crippen LogP contribution in [0.4, 0.5) is 0 Å². The zero-order valence-electron chi connectivity index (χ0n) is 12.4. The van der Waals surface area contributed by atoms with E-state index in [0.29, 0.717) is 43.1 Å². The van der Waals surface area contributed by atoms with E-state index in [-0.39, 0.29) is 6.10 Å². The van der Waals surface area contributed by atoms with E-state index < -0.39 is 0 Å². The Hall–Kier alpha value is -1.47. The molecule has 1 aromatic heterocycles. The van der Waals surface area contributed by atoms with Gasteiger partial charge in [-0.05, 0) is 31.3 Å². The van der Waals surface area contributed by atoms with Gasteiger partial charge in [-0.15, -0.1) is 0 Å². The lowest BCUT2D eigenvalue weighted by molar-refractivity contribution is -0.0967. The Labute approximate surface area is 134 Å². The van der Waals surface area contributed by atoms with Gasteiger partial charge in [-0.2, -0.15) is 4.98 Å². The summed E-state index contributed by atoms with van der Waals surface area (Å²) in [6.07, 6.45) is 0.0948. The Bertz CT molecular complexity index is 596. The second kappa shape index (κ2) is 7.19. The first-order valence-electron chi connectivity index (χ1n) is 7.17. The first-order chi connectivity index (χ1) is 10.7. The van der Waals surface area contributed by atoms with Crippen LogP contribution in [0.3, 0.4) is 0 Å². The third-order valence-corrected chi connectivity index (χ3v) is 3.63. The van der Waals surface area contributed by atoms with Gasteiger partial charge in [0.25, 0.3) is 0 Å². The highest BCUT2D eigenvalue weighted by molar-refractivity contribution is 6.30. The summed E-state index contributed by atoms with van der Waals surface area (Å²) < 4.78 is 16.3. The number of nitrogens with zero attached hydrogens (tertiary/aromatic N) is 3. The van der Waals surface area contributed by atoms with Crippen molar-refractivity contribution in [3.05, 3.63) is 35.2 Å². The SMILES string of the molecule is CN(Cc1nc(-c2ccc(Cl)cc2)no1)CC1COCCO1. The van der Waals surface area contributed by atoms with Crippen LogP contribution in [0.2, 0.25) is 5.02 Å². The number of halogens is 1. The van der Waals surface area contributed by atoms with Gasteiger partial charge in [0, 0.05) is 17.1 Å². The van der Waals surface area contributed by atoms with Gasteiger partial charge < -0.3 is 14.0 Å². The minimum absolute atomic E-state index is 0.0948. The molecule has 6 nitrogen and oxygen atoms in total. The van der Waals surface area contributed by atoms with Crippen LogP contribution < -0.4 is 0 Å². The first kappa shape index (κ1) is 15.4. The third-order valence-electron chi connectivity index (χ3n) is 3.38. The number of benzene rings is 1. The summed E-state index contributed by atoms with van der Waals surface area (Å²) in [5.41, 5.74) is 0.881. The van der Waals surface area contributed by atoms with Crippen LogP contribution in [0.5, 0.6) is 0 Å². The fourth-order valence-electron chi connectivity index (χ4n) is 2.32. The minimum atomic E-state index is 0.0948. The molecule has 1 fully saturated rings. The molecule has 1 aliphatic heterocycles. The molecule has 2 aromatic rings. The van der Waals surface area contributed by atoms with E-state index in [1.807, 2.05) is 19.2 Å². The van der Waals surface area contributed by atoms with E-state index in [1.165, 1.54) is 0 Å². The number of hydrogen-bond donors (Lipinski definition) is 0. The van der Waals surface area contributed by atoms with Crippen molar-refractivity contribution in [2.75, 3.05) is 33.4 Å². The lowest BCUT2D eigenvalue weighted by Crippen LogP contribution is -2.38. The van der Waals surface area contributed by atoms with Crippen molar-refractivity contribution in [1.29, 1.82) is 0 Å². The molecule has 0 saturated carbocycles. The summed E-state index contributed by atoms with van der Waals surface area (Å²) in [6.45, 7) is 3.29. The molecule has 3 rings (SSSR count). The Morgan fingerprint density at radius 2 is 2.09 bits per heavy atom. The lowest BCUT2D eigenvalue weighted by Gasteiger charge is -2.26. The molecule has 0 N–H and O–H groups in total. The summed E-state index contributed by atoms with van der Waals surface area (Å²) >= 11 is 5.87. The highest BCUT2D eigenvalue weighted by atomic mass is 35.5. The van der Waals surface area contributed by atoms with Crippen LogP contribution >= 0.6 is 11.6 Å². The minimum Gasteiger partial charge on any atom is -0.376 e. The van der Waals surface area contributed by atoms with Crippen molar-refractivity contribution >= 4 is 11.6 Å². The van der Waals surface area contributed by atoms with E-state index >= 15 is 0 Å². The summed E-state index contributed by atoms with van der Waals surface area (Å²) in [4.78, 5) is 6.49. The number of hydrogen-bond acceptors (Lipinski definition) is 6. The first-order valence-corrected chi connectivity index (χ1v) is 7.55. The standard InChI is InChI=1S/C15H18ClN3O3/c1-19(8-13-10-20-6-7-21-13)9-14-17-15(18-22-14)11-2-4-12(16)5-3-11/h2-5,13H,6-10H2,1H3. The highest BCUT2D eigenvalue weighted by Crippen LogP contribution is 2.19. The molecule has 1 atom stereocenters. The van der Waals surface area contributed by atoms with Gasteiger partial charge in [-0.25, -0.2) is 0 Å². The van der Waals surface area contributed by atoms with Crippen LogP contribution in [0, 0.1) is 0 Å². The van der Waals surface area contributed by atoms with Crippen molar-refractivity contribution in [2.24, 2.45) is 0 Å². The second-order valence-corrected chi connectivity index (χ2v) is 5.72. The van der Waals surface area contributed by atoms with Crippen molar-refractivity contribution in [1.82, 2.24) is 15.0 Å². The fraction of sp³-hybridized carbons (Fsp3) is 0.467. The number of ether oxygens (including phenoxy) is 2. The average molecular weight is 324 g/mol. The summed E-state index contributed by atoms with van der Waals surface area (Å²) in [7, 11) is 1.99. The quantitative estimate of drug-likeness (QED) is 0.841. The van der Waals surface area contributed by atoms with E-state index in [9.17, 15) is 0 Å². The molecular weight excluding hydrogens is 306 g/mol. The molecule has 1 aliphatic rings. The largest absolute Gasteiger partial charge is 0.376 e. The van der Waals surface area contributed by atoms with Crippen molar-refractivity contribution in [3.8, 4) is 11.4 Å². The Kier molecular flexibility index (Phi) is 5.04. The Balaban J connectivity index is 1.57. The van der Waals surface area contributed by atoms with Crippen molar-refractivity contribution in [3.63, 3.8) is 0 Å². The molecule has 22 heavy (non-hydrogen) atoms.